The lowest BCUT2D eigenvalue weighted by Gasteiger charge is -2.06. The molecule has 0 unspecified atom stereocenters. The van der Waals surface area contributed by atoms with E-state index in [1.54, 1.807) is 18.5 Å². The van der Waals surface area contributed by atoms with E-state index in [1.807, 2.05) is 49.4 Å². The third-order valence-electron chi connectivity index (χ3n) is 3.61. The highest BCUT2D eigenvalue weighted by Gasteiger charge is 2.02. The molecule has 0 amide bonds. The first-order valence-electron chi connectivity index (χ1n) is 7.95. The van der Waals surface area contributed by atoms with Crippen molar-refractivity contribution >= 4 is 65.3 Å². The summed E-state index contributed by atoms with van der Waals surface area (Å²) in [5, 5.41) is 2.76. The Labute approximate surface area is 173 Å². The molecule has 0 N–H and O–H groups in total. The lowest BCUT2D eigenvalue weighted by atomic mass is 10.2. The molecule has 0 fully saturated rings. The van der Waals surface area contributed by atoms with Crippen molar-refractivity contribution in [2.24, 2.45) is 0 Å². The van der Waals surface area contributed by atoms with Crippen molar-refractivity contribution in [3.05, 3.63) is 74.9 Å². The fourth-order valence-electron chi connectivity index (χ4n) is 2.46. The first-order chi connectivity index (χ1) is 12.6. The van der Waals surface area contributed by atoms with Crippen molar-refractivity contribution in [2.75, 3.05) is 6.61 Å². The van der Waals surface area contributed by atoms with Gasteiger partial charge in [-0.3, -0.25) is 9.97 Å². The van der Waals surface area contributed by atoms with E-state index >= 15 is 0 Å². The Bertz CT molecular complexity index is 1060. The number of ether oxygens (including phenoxy) is 1. The van der Waals surface area contributed by atoms with Gasteiger partial charge in [0.1, 0.15) is 5.75 Å². The van der Waals surface area contributed by atoms with E-state index in [2.05, 4.69) is 41.8 Å². The lowest BCUT2D eigenvalue weighted by molar-refractivity contribution is 0.344. The number of halogens is 3. The van der Waals surface area contributed by atoms with Crippen LogP contribution in [-0.4, -0.2) is 16.6 Å². The fourth-order valence-corrected chi connectivity index (χ4v) is 3.39. The van der Waals surface area contributed by atoms with Crippen molar-refractivity contribution in [2.45, 2.75) is 6.92 Å². The summed E-state index contributed by atoms with van der Waals surface area (Å²) in [6, 6.07) is 15.5. The summed E-state index contributed by atoms with van der Waals surface area (Å²) in [6.07, 6.45) is 3.47. The standard InChI is InChI=1S/C11H10BrNO.C9H5BrClN/c1-2-14-11-5-6-13-10-4-3-8(12)7-9(10)11;10-6-1-2-9-7(5-6)8(11)3-4-12-9/h3-7H,2H2,1H3;1-5H. The smallest absolute Gasteiger partial charge is 0.130 e. The number of hydrogen-bond acceptors (Lipinski definition) is 3. The average molecular weight is 495 g/mol. The minimum atomic E-state index is 0.672. The average Bonchev–Trinajstić information content (AvgIpc) is 2.64. The highest BCUT2D eigenvalue weighted by atomic mass is 79.9. The molecule has 3 nitrogen and oxygen atoms in total. The zero-order valence-corrected chi connectivity index (χ0v) is 17.8. The molecule has 0 spiro atoms. The third kappa shape index (κ3) is 4.53. The molecule has 0 bridgehead atoms. The zero-order chi connectivity index (χ0) is 18.5. The van der Waals surface area contributed by atoms with Crippen LogP contribution in [0.15, 0.2) is 69.9 Å². The van der Waals surface area contributed by atoms with E-state index in [9.17, 15) is 0 Å². The Morgan fingerprint density at radius 3 is 2.08 bits per heavy atom. The van der Waals surface area contributed by atoms with Gasteiger partial charge in [-0.05, 0) is 55.5 Å². The molecule has 26 heavy (non-hydrogen) atoms. The van der Waals surface area contributed by atoms with Gasteiger partial charge in [-0.25, -0.2) is 0 Å². The van der Waals surface area contributed by atoms with E-state index in [1.165, 1.54) is 0 Å². The molecule has 0 atom stereocenters. The monoisotopic (exact) mass is 492 g/mol. The van der Waals surface area contributed by atoms with E-state index < -0.39 is 0 Å². The van der Waals surface area contributed by atoms with Gasteiger partial charge in [-0.15, -0.1) is 0 Å². The SMILES string of the molecule is CCOc1ccnc2ccc(Br)cc12.Clc1ccnc2ccc(Br)cc12. The molecule has 0 saturated heterocycles. The minimum Gasteiger partial charge on any atom is -0.493 e. The van der Waals surface area contributed by atoms with Crippen molar-refractivity contribution in [3.63, 3.8) is 0 Å². The van der Waals surface area contributed by atoms with Crippen LogP contribution in [0.25, 0.3) is 21.8 Å². The Morgan fingerprint density at radius 2 is 1.42 bits per heavy atom. The summed E-state index contributed by atoms with van der Waals surface area (Å²) in [5.41, 5.74) is 1.88. The quantitative estimate of drug-likeness (QED) is 0.300. The third-order valence-corrected chi connectivity index (χ3v) is 4.93. The first-order valence-corrected chi connectivity index (χ1v) is 9.91. The predicted octanol–water partition coefficient (Wildman–Crippen LogP) is 7.05. The van der Waals surface area contributed by atoms with Gasteiger partial charge in [0.05, 0.1) is 22.7 Å². The van der Waals surface area contributed by atoms with E-state index in [4.69, 9.17) is 16.3 Å². The van der Waals surface area contributed by atoms with Crippen LogP contribution in [-0.2, 0) is 0 Å². The van der Waals surface area contributed by atoms with Crippen molar-refractivity contribution in [1.29, 1.82) is 0 Å². The van der Waals surface area contributed by atoms with Crippen molar-refractivity contribution in [1.82, 2.24) is 9.97 Å². The molecular formula is C20H15Br2ClN2O. The number of rotatable bonds is 2. The molecule has 2 aromatic carbocycles. The van der Waals surface area contributed by atoms with E-state index in [0.717, 1.165) is 41.5 Å². The lowest BCUT2D eigenvalue weighted by Crippen LogP contribution is -1.92. The van der Waals surface area contributed by atoms with E-state index in [-0.39, 0.29) is 0 Å². The first kappa shape index (κ1) is 19.1. The summed E-state index contributed by atoms with van der Waals surface area (Å²) < 4.78 is 7.57. The van der Waals surface area contributed by atoms with Crippen LogP contribution >= 0.6 is 43.5 Å². The summed E-state index contributed by atoms with van der Waals surface area (Å²) >= 11 is 12.8. The molecule has 2 heterocycles. The summed E-state index contributed by atoms with van der Waals surface area (Å²) in [6.45, 7) is 2.65. The Balaban J connectivity index is 0.000000152. The minimum absolute atomic E-state index is 0.672. The molecule has 0 radical (unpaired) electrons. The Morgan fingerprint density at radius 1 is 0.846 bits per heavy atom. The highest BCUT2D eigenvalue weighted by Crippen LogP contribution is 2.27. The maximum Gasteiger partial charge on any atom is 0.130 e. The number of nitrogens with zero attached hydrogens (tertiary/aromatic N) is 2. The highest BCUT2D eigenvalue weighted by molar-refractivity contribution is 9.10. The van der Waals surface area contributed by atoms with Gasteiger partial charge in [0.2, 0.25) is 0 Å². The summed E-state index contributed by atoms with van der Waals surface area (Å²) in [7, 11) is 0. The zero-order valence-electron chi connectivity index (χ0n) is 13.9. The molecule has 0 saturated carbocycles. The van der Waals surface area contributed by atoms with Crippen molar-refractivity contribution < 1.29 is 4.74 Å². The fraction of sp³-hybridized carbons (Fsp3) is 0.100. The van der Waals surface area contributed by atoms with Crippen LogP contribution in [0.1, 0.15) is 6.92 Å². The molecule has 0 aliphatic rings. The number of pyridine rings is 2. The second-order valence-electron chi connectivity index (χ2n) is 5.36. The Hall–Kier alpha value is -1.69. The van der Waals surface area contributed by atoms with Crippen LogP contribution in [0.4, 0.5) is 0 Å². The molecule has 6 heteroatoms. The second-order valence-corrected chi connectivity index (χ2v) is 7.60. The molecule has 4 aromatic rings. The van der Waals surface area contributed by atoms with Gasteiger partial charge in [-0.1, -0.05) is 43.5 Å². The number of benzene rings is 2. The number of fused-ring (bicyclic) bond motifs is 2. The maximum absolute atomic E-state index is 5.97. The molecular weight excluding hydrogens is 479 g/mol. The molecule has 4 rings (SSSR count). The molecule has 0 aliphatic carbocycles. The second kappa shape index (κ2) is 8.80. The van der Waals surface area contributed by atoms with Crippen LogP contribution < -0.4 is 4.74 Å². The van der Waals surface area contributed by atoms with Crippen LogP contribution in [0.3, 0.4) is 0 Å². The largest absolute Gasteiger partial charge is 0.493 e. The van der Waals surface area contributed by atoms with Crippen LogP contribution in [0, 0.1) is 0 Å². The summed E-state index contributed by atoms with van der Waals surface area (Å²) in [4.78, 5) is 8.44. The number of hydrogen-bond donors (Lipinski definition) is 0. The van der Waals surface area contributed by atoms with Gasteiger partial charge in [0.25, 0.3) is 0 Å². The molecule has 2 aromatic heterocycles. The van der Waals surface area contributed by atoms with Gasteiger partial charge in [-0.2, -0.15) is 0 Å². The topological polar surface area (TPSA) is 35.0 Å². The summed E-state index contributed by atoms with van der Waals surface area (Å²) in [5.74, 6) is 0.888. The Kier molecular flexibility index (Phi) is 6.46. The van der Waals surface area contributed by atoms with Crippen LogP contribution in [0.5, 0.6) is 5.75 Å². The van der Waals surface area contributed by atoms with Crippen molar-refractivity contribution in [3.8, 4) is 5.75 Å². The van der Waals surface area contributed by atoms with Gasteiger partial charge < -0.3 is 4.74 Å². The molecule has 132 valence electrons. The molecule has 0 aliphatic heterocycles. The predicted molar refractivity (Wildman–Crippen MR) is 115 cm³/mol. The number of aromatic nitrogens is 2. The van der Waals surface area contributed by atoms with E-state index in [0.29, 0.717) is 6.61 Å². The van der Waals surface area contributed by atoms with Gasteiger partial charge in [0.15, 0.2) is 0 Å². The maximum atomic E-state index is 5.97. The normalized spacial score (nSPS) is 10.5. The van der Waals surface area contributed by atoms with Gasteiger partial charge >= 0.3 is 0 Å². The van der Waals surface area contributed by atoms with Gasteiger partial charge in [0, 0.05) is 32.1 Å². The van der Waals surface area contributed by atoms with Crippen LogP contribution in [0.2, 0.25) is 5.02 Å².